The lowest BCUT2D eigenvalue weighted by Gasteiger charge is -2.45. The van der Waals surface area contributed by atoms with Crippen molar-refractivity contribution in [3.63, 3.8) is 0 Å². The second-order valence-electron chi connectivity index (χ2n) is 16.6. The van der Waals surface area contributed by atoms with Gasteiger partial charge in [-0.1, -0.05) is 118 Å². The second-order valence-corrected chi connectivity index (χ2v) is 23.2. The number of nitrogens with zero attached hydrogens (tertiary/aromatic N) is 3. The maximum atomic E-state index is 16.1. The van der Waals surface area contributed by atoms with Crippen LogP contribution in [0.2, 0.25) is 18.1 Å². The quantitative estimate of drug-likeness (QED) is 0.115. The number of carbonyl (C=O) groups is 1. The largest absolute Gasteiger partial charge is 0.474 e. The summed E-state index contributed by atoms with van der Waals surface area (Å²) in [5.41, 5.74) is 6.19. The molecule has 0 saturated heterocycles. The van der Waals surface area contributed by atoms with Crippen LogP contribution in [0.4, 0.5) is 10.5 Å². The lowest BCUT2D eigenvalue weighted by Crippen LogP contribution is -2.55. The maximum absolute atomic E-state index is 16.1. The van der Waals surface area contributed by atoms with E-state index in [-0.39, 0.29) is 28.5 Å². The number of urea groups is 1. The molecule has 2 N–H and O–H groups in total. The number of aryl methyl sites for hydroxylation is 2. The minimum atomic E-state index is -4.24. The summed E-state index contributed by atoms with van der Waals surface area (Å²) >= 11 is 0. The van der Waals surface area contributed by atoms with Crippen molar-refractivity contribution in [1.29, 1.82) is 4.78 Å². The molecule has 2 heterocycles. The molecule has 2 aliphatic carbocycles. The Bertz CT molecular complexity index is 2190. The molecule has 0 radical (unpaired) electrons. The highest BCUT2D eigenvalue weighted by molar-refractivity contribution is 7.90. The van der Waals surface area contributed by atoms with E-state index in [0.717, 1.165) is 55.3 Å². The zero-order chi connectivity index (χ0) is 38.6. The van der Waals surface area contributed by atoms with Crippen LogP contribution >= 0.6 is 0 Å². The van der Waals surface area contributed by atoms with Crippen molar-refractivity contribution in [2.75, 3.05) is 11.9 Å². The van der Waals surface area contributed by atoms with Gasteiger partial charge in [0.1, 0.15) is 17.0 Å². The predicted molar refractivity (Wildman–Crippen MR) is 219 cm³/mol. The van der Waals surface area contributed by atoms with E-state index >= 15 is 9.00 Å². The molecule has 2 atom stereocenters. The van der Waals surface area contributed by atoms with Crippen LogP contribution in [-0.2, 0) is 52.1 Å². The Balaban J connectivity index is 1.33. The van der Waals surface area contributed by atoms with E-state index in [1.807, 2.05) is 91.0 Å². The third-order valence-corrected chi connectivity index (χ3v) is 18.5. The molecule has 0 fully saturated rings. The lowest BCUT2D eigenvalue weighted by molar-refractivity contribution is 0.0615. The molecule has 0 saturated carbocycles. The van der Waals surface area contributed by atoms with Gasteiger partial charge in [-0.2, -0.15) is 5.10 Å². The van der Waals surface area contributed by atoms with Crippen molar-refractivity contribution < 1.29 is 18.2 Å². The lowest BCUT2D eigenvalue weighted by atomic mass is 9.77. The van der Waals surface area contributed by atoms with Gasteiger partial charge in [-0.25, -0.2) is 22.8 Å². The summed E-state index contributed by atoms with van der Waals surface area (Å²) in [5.74, 6) is 0.220. The standard InChI is InChI=1S/C44H51N5O4SSi/c1-43(2,3)55(4,5)53-36-29-48-41(52-30-36)39(28-46-48)54(45,51)49(42(50)47-40-37-25-15-17-31(37)27-32-18-16-26-38(32)40)44(33-19-9-6-10-20-33,34-21-11-7-12-22-34)35-23-13-8-14-24-35/h6-14,19-24,27-28,36,45H,15-18,25-26,29-30H2,1-5H3,(H,47,50)/t36-,54-/m0/s1. The zero-order valence-electron chi connectivity index (χ0n) is 32.4. The first-order valence-electron chi connectivity index (χ1n) is 19.4. The fraction of sp³-hybridized carbons (Fsp3) is 0.364. The number of anilines is 1. The van der Waals surface area contributed by atoms with E-state index in [0.29, 0.717) is 23.2 Å². The maximum Gasteiger partial charge on any atom is 0.336 e. The van der Waals surface area contributed by atoms with Gasteiger partial charge >= 0.3 is 6.03 Å². The number of benzene rings is 4. The molecule has 0 bridgehead atoms. The van der Waals surface area contributed by atoms with Crippen LogP contribution in [0, 0.1) is 4.78 Å². The van der Waals surface area contributed by atoms with Crippen molar-refractivity contribution >= 4 is 30.0 Å². The van der Waals surface area contributed by atoms with Gasteiger partial charge in [0.2, 0.25) is 5.88 Å². The van der Waals surface area contributed by atoms with Crippen LogP contribution in [0.25, 0.3) is 0 Å². The Kier molecular flexibility index (Phi) is 9.54. The SMILES string of the molecule is CC(C)(C)[Si](C)(C)O[C@@H]1COc2c([S@@](=N)(=O)N(C(=O)Nc3c4c(cc5c3CCC5)CCC4)C(c3ccccc3)(c3ccccc3)c3ccccc3)cnn2C1. The third kappa shape index (κ3) is 6.39. The van der Waals surface area contributed by atoms with Crippen LogP contribution in [0.3, 0.4) is 0 Å². The Morgan fingerprint density at radius 2 is 1.38 bits per heavy atom. The third-order valence-electron chi connectivity index (χ3n) is 12.1. The number of nitrogens with one attached hydrogen (secondary N) is 2. The summed E-state index contributed by atoms with van der Waals surface area (Å²) in [5, 5.41) is 8.01. The minimum absolute atomic E-state index is 0.000548. The van der Waals surface area contributed by atoms with Gasteiger partial charge in [0.05, 0.1) is 18.8 Å². The molecule has 1 aromatic heterocycles. The molecule has 2 amide bonds. The first-order valence-corrected chi connectivity index (χ1v) is 23.8. The number of fused-ring (bicyclic) bond motifs is 3. The second kappa shape index (κ2) is 14.1. The van der Waals surface area contributed by atoms with Crippen molar-refractivity contribution in [2.45, 2.75) is 101 Å². The molecule has 1 aliphatic heterocycles. The highest BCUT2D eigenvalue weighted by Gasteiger charge is 2.52. The van der Waals surface area contributed by atoms with Gasteiger partial charge in [0, 0.05) is 5.69 Å². The predicted octanol–water partition coefficient (Wildman–Crippen LogP) is 9.49. The fourth-order valence-electron chi connectivity index (χ4n) is 8.48. The summed E-state index contributed by atoms with van der Waals surface area (Å²) in [6.45, 7) is 11.6. The van der Waals surface area contributed by atoms with Crippen molar-refractivity contribution in [1.82, 2.24) is 14.1 Å². The van der Waals surface area contributed by atoms with Gasteiger partial charge in [0.25, 0.3) is 0 Å². The Labute approximate surface area is 326 Å². The highest BCUT2D eigenvalue weighted by atomic mass is 32.2. The Hall–Kier alpha value is -4.71. The van der Waals surface area contributed by atoms with Gasteiger partial charge in [-0.3, -0.25) is 0 Å². The first-order chi connectivity index (χ1) is 26.3. The van der Waals surface area contributed by atoms with E-state index < -0.39 is 29.8 Å². The van der Waals surface area contributed by atoms with E-state index in [4.69, 9.17) is 9.16 Å². The number of hydrogen-bond donors (Lipinski definition) is 2. The number of amides is 2. The van der Waals surface area contributed by atoms with Crippen molar-refractivity contribution in [2.24, 2.45) is 0 Å². The van der Waals surface area contributed by atoms with Gasteiger partial charge in [0.15, 0.2) is 18.2 Å². The Morgan fingerprint density at radius 3 is 1.87 bits per heavy atom. The van der Waals surface area contributed by atoms with Crippen molar-refractivity contribution in [3.8, 4) is 5.88 Å². The molecular formula is C44H51N5O4SSi. The molecule has 0 spiro atoms. The number of rotatable bonds is 9. The molecule has 9 nitrogen and oxygen atoms in total. The van der Waals surface area contributed by atoms with E-state index in [9.17, 15) is 4.78 Å². The summed E-state index contributed by atoms with van der Waals surface area (Å²) in [6, 6.07) is 30.7. The average molecular weight is 774 g/mol. The summed E-state index contributed by atoms with van der Waals surface area (Å²) in [6.07, 6.45) is 6.87. The van der Waals surface area contributed by atoms with Gasteiger partial charge in [-0.05, 0) is 95.6 Å². The Morgan fingerprint density at radius 1 is 0.873 bits per heavy atom. The molecule has 3 aliphatic rings. The molecule has 55 heavy (non-hydrogen) atoms. The van der Waals surface area contributed by atoms with E-state index in [1.54, 1.807) is 4.68 Å². The fourth-order valence-corrected chi connectivity index (χ4v) is 11.6. The van der Waals surface area contributed by atoms with Gasteiger partial charge < -0.3 is 14.5 Å². The summed E-state index contributed by atoms with van der Waals surface area (Å²) < 4.78 is 42.3. The molecule has 11 heteroatoms. The first kappa shape index (κ1) is 37.2. The zero-order valence-corrected chi connectivity index (χ0v) is 34.2. The minimum Gasteiger partial charge on any atom is -0.474 e. The number of ether oxygens (including phenoxy) is 1. The average Bonchev–Trinajstić information content (AvgIpc) is 3.94. The molecule has 8 rings (SSSR count). The van der Waals surface area contributed by atoms with Crippen LogP contribution in [-0.4, -0.2) is 45.4 Å². The normalized spacial score (nSPS) is 17.7. The van der Waals surface area contributed by atoms with Gasteiger partial charge in [-0.15, -0.1) is 0 Å². The van der Waals surface area contributed by atoms with Crippen LogP contribution in [0.15, 0.2) is 108 Å². The smallest absolute Gasteiger partial charge is 0.336 e. The van der Waals surface area contributed by atoms with Crippen LogP contribution in [0.5, 0.6) is 5.88 Å². The van der Waals surface area contributed by atoms with E-state index in [2.05, 4.69) is 50.3 Å². The topological polar surface area (TPSA) is 110 Å². The molecular weight excluding hydrogens is 723 g/mol. The molecule has 5 aromatic rings. The van der Waals surface area contributed by atoms with Crippen LogP contribution < -0.4 is 10.1 Å². The molecule has 0 unspecified atom stereocenters. The summed E-state index contributed by atoms with van der Waals surface area (Å²) in [7, 11) is -6.39. The number of hydrogen-bond acceptors (Lipinski definition) is 6. The van der Waals surface area contributed by atoms with E-state index in [1.165, 1.54) is 21.6 Å². The number of aromatic nitrogens is 2. The summed E-state index contributed by atoms with van der Waals surface area (Å²) in [4.78, 5) is 15.8. The monoisotopic (exact) mass is 773 g/mol. The van der Waals surface area contributed by atoms with Crippen molar-refractivity contribution in [3.05, 3.63) is 142 Å². The van der Waals surface area contributed by atoms with Crippen LogP contribution in [0.1, 0.15) is 72.6 Å². The molecule has 4 aromatic carbocycles. The highest BCUT2D eigenvalue weighted by Crippen LogP contribution is 2.48. The number of carbonyl (C=O) groups excluding carboxylic acids is 1. The molecule has 286 valence electrons.